The summed E-state index contributed by atoms with van der Waals surface area (Å²) in [5.74, 6) is -1.09. The van der Waals surface area contributed by atoms with Crippen LogP contribution in [0.15, 0.2) is 0 Å². The number of carbonyl (C=O) groups excluding carboxylic acids is 1. The fraction of sp³-hybridized carbons (Fsp3) is 0.944. The highest BCUT2D eigenvalue weighted by atomic mass is 19.4. The molecule has 156 valence electrons. The Morgan fingerprint density at radius 1 is 0.963 bits per heavy atom. The Kier molecular flexibility index (Phi) is 4.80. The van der Waals surface area contributed by atoms with Gasteiger partial charge >= 0.3 is 18.3 Å². The van der Waals surface area contributed by atoms with Crippen LogP contribution in [0.5, 0.6) is 0 Å². The van der Waals surface area contributed by atoms with Crippen LogP contribution in [0.2, 0.25) is 0 Å². The van der Waals surface area contributed by atoms with E-state index in [2.05, 4.69) is 0 Å². The van der Waals surface area contributed by atoms with Gasteiger partial charge in [0, 0.05) is 0 Å². The highest BCUT2D eigenvalue weighted by molar-refractivity contribution is 5.74. The standard InChI is InChI=1S/C18H24F6O3/c1-9-10(2)12-7-11(9)8-13(12)14(25)27-15(5-3-4-6-15)16(26,17(19,20)21)18(22,23)24/h9-13,26H,3-8H2,1-2H3. The lowest BCUT2D eigenvalue weighted by atomic mass is 9.75. The van der Waals surface area contributed by atoms with Crippen molar-refractivity contribution in [2.75, 3.05) is 0 Å². The van der Waals surface area contributed by atoms with Gasteiger partial charge in [0.05, 0.1) is 5.92 Å². The first-order valence-electron chi connectivity index (χ1n) is 9.34. The molecule has 3 saturated carbocycles. The molecule has 9 heteroatoms. The molecule has 0 amide bonds. The van der Waals surface area contributed by atoms with Crippen LogP contribution in [0.1, 0.15) is 52.4 Å². The molecule has 0 radical (unpaired) electrons. The second-order valence-electron chi connectivity index (χ2n) is 8.55. The highest BCUT2D eigenvalue weighted by Crippen LogP contribution is 2.59. The zero-order chi connectivity index (χ0) is 20.4. The van der Waals surface area contributed by atoms with Crippen LogP contribution >= 0.6 is 0 Å². The third-order valence-corrected chi connectivity index (χ3v) is 7.39. The van der Waals surface area contributed by atoms with Gasteiger partial charge in [0.2, 0.25) is 0 Å². The van der Waals surface area contributed by atoms with Crippen molar-refractivity contribution in [2.24, 2.45) is 29.6 Å². The minimum absolute atomic E-state index is 0.0197. The quantitative estimate of drug-likeness (QED) is 0.553. The molecule has 0 spiro atoms. The van der Waals surface area contributed by atoms with Gasteiger partial charge in [0.1, 0.15) is 0 Å². The Morgan fingerprint density at radius 2 is 1.48 bits per heavy atom. The molecular weight excluding hydrogens is 378 g/mol. The fourth-order valence-corrected chi connectivity index (χ4v) is 5.64. The summed E-state index contributed by atoms with van der Waals surface area (Å²) in [6.45, 7) is 3.99. The molecule has 0 aromatic carbocycles. The molecule has 27 heavy (non-hydrogen) atoms. The monoisotopic (exact) mass is 402 g/mol. The van der Waals surface area contributed by atoms with E-state index in [0.717, 1.165) is 6.42 Å². The lowest BCUT2D eigenvalue weighted by Crippen LogP contribution is -2.71. The van der Waals surface area contributed by atoms with Gasteiger partial charge in [-0.05, 0) is 62.2 Å². The van der Waals surface area contributed by atoms with Gasteiger partial charge in [0.25, 0.3) is 5.60 Å². The van der Waals surface area contributed by atoms with Gasteiger partial charge < -0.3 is 9.84 Å². The third-order valence-electron chi connectivity index (χ3n) is 7.39. The summed E-state index contributed by atoms with van der Waals surface area (Å²) in [5, 5.41) is 9.92. The number of halogens is 6. The average molecular weight is 402 g/mol. The molecule has 0 saturated heterocycles. The Bertz CT molecular complexity index is 577. The van der Waals surface area contributed by atoms with Crippen molar-refractivity contribution in [1.82, 2.24) is 0 Å². The lowest BCUT2D eigenvalue weighted by Gasteiger charge is -2.46. The number of hydrogen-bond acceptors (Lipinski definition) is 3. The van der Waals surface area contributed by atoms with Crippen LogP contribution in [0.25, 0.3) is 0 Å². The maximum absolute atomic E-state index is 13.4. The minimum Gasteiger partial charge on any atom is -0.455 e. The largest absolute Gasteiger partial charge is 0.455 e. The molecule has 5 atom stereocenters. The molecule has 0 aliphatic heterocycles. The van der Waals surface area contributed by atoms with Crippen LogP contribution < -0.4 is 0 Å². The molecule has 3 rings (SSSR count). The second kappa shape index (κ2) is 6.26. The van der Waals surface area contributed by atoms with E-state index in [4.69, 9.17) is 4.74 Å². The first-order valence-corrected chi connectivity index (χ1v) is 9.34. The number of rotatable bonds is 3. The summed E-state index contributed by atoms with van der Waals surface area (Å²) in [7, 11) is 0. The lowest BCUT2D eigenvalue weighted by molar-refractivity contribution is -0.412. The zero-order valence-electron chi connectivity index (χ0n) is 15.2. The van der Waals surface area contributed by atoms with Gasteiger partial charge in [-0.15, -0.1) is 0 Å². The summed E-state index contributed by atoms with van der Waals surface area (Å²) in [5.41, 5.74) is -8.09. The fourth-order valence-electron chi connectivity index (χ4n) is 5.64. The summed E-state index contributed by atoms with van der Waals surface area (Å²) in [6, 6.07) is 0. The summed E-state index contributed by atoms with van der Waals surface area (Å²) in [4.78, 5) is 12.7. The number of fused-ring (bicyclic) bond motifs is 2. The zero-order valence-corrected chi connectivity index (χ0v) is 15.2. The van der Waals surface area contributed by atoms with Crippen LogP contribution in [0.3, 0.4) is 0 Å². The summed E-state index contributed by atoms with van der Waals surface area (Å²) in [6.07, 6.45) is -12.2. The van der Waals surface area contributed by atoms with E-state index in [1.54, 1.807) is 0 Å². The van der Waals surface area contributed by atoms with E-state index < -0.39 is 48.3 Å². The molecule has 1 N–H and O–H groups in total. The van der Waals surface area contributed by atoms with Gasteiger partial charge in [-0.25, -0.2) is 0 Å². The van der Waals surface area contributed by atoms with Crippen LogP contribution in [0, 0.1) is 29.6 Å². The maximum atomic E-state index is 13.4. The first-order chi connectivity index (χ1) is 12.3. The molecular formula is C18H24F6O3. The Hall–Kier alpha value is -0.990. The van der Waals surface area contributed by atoms with Crippen LogP contribution in [-0.4, -0.2) is 34.6 Å². The van der Waals surface area contributed by atoms with E-state index in [1.807, 2.05) is 13.8 Å². The topological polar surface area (TPSA) is 46.5 Å². The van der Waals surface area contributed by atoms with Crippen LogP contribution in [0.4, 0.5) is 26.3 Å². The number of hydrogen-bond donors (Lipinski definition) is 1. The maximum Gasteiger partial charge on any atom is 0.430 e. The van der Waals surface area contributed by atoms with E-state index in [-0.39, 0.29) is 30.6 Å². The van der Waals surface area contributed by atoms with E-state index >= 15 is 0 Å². The van der Waals surface area contributed by atoms with Crippen molar-refractivity contribution >= 4 is 5.97 Å². The minimum atomic E-state index is -6.01. The third kappa shape index (κ3) is 2.86. The van der Waals surface area contributed by atoms with Crippen molar-refractivity contribution in [2.45, 2.75) is 75.9 Å². The molecule has 3 aliphatic rings. The summed E-state index contributed by atoms with van der Waals surface area (Å²) < 4.78 is 85.6. The van der Waals surface area contributed by atoms with Gasteiger partial charge in [-0.1, -0.05) is 13.8 Å². The van der Waals surface area contributed by atoms with Crippen molar-refractivity contribution in [3.05, 3.63) is 0 Å². The Morgan fingerprint density at radius 3 is 1.89 bits per heavy atom. The molecule has 3 aliphatic carbocycles. The smallest absolute Gasteiger partial charge is 0.430 e. The number of carbonyl (C=O) groups is 1. The van der Waals surface area contributed by atoms with E-state index in [1.165, 1.54) is 0 Å². The number of ether oxygens (including phenoxy) is 1. The number of esters is 1. The SMILES string of the molecule is CC1C2CC(C(=O)OC3(C(O)(C(F)(F)F)C(F)(F)F)CCCC3)C(C2)C1C. The average Bonchev–Trinajstić information content (AvgIpc) is 3.22. The number of aliphatic hydroxyl groups is 1. The predicted molar refractivity (Wildman–Crippen MR) is 82.4 cm³/mol. The van der Waals surface area contributed by atoms with Crippen LogP contribution in [-0.2, 0) is 9.53 Å². The first kappa shape index (κ1) is 20.7. The Balaban J connectivity index is 1.91. The molecule has 0 aromatic heterocycles. The van der Waals surface area contributed by atoms with E-state index in [0.29, 0.717) is 12.3 Å². The normalized spacial score (nSPS) is 36.3. The molecule has 5 unspecified atom stereocenters. The molecule has 2 bridgehead atoms. The van der Waals surface area contributed by atoms with Gasteiger partial charge in [-0.2, -0.15) is 26.3 Å². The Labute approximate surface area is 153 Å². The molecule has 3 nitrogen and oxygen atoms in total. The second-order valence-corrected chi connectivity index (χ2v) is 8.55. The predicted octanol–water partition coefficient (Wildman–Crippen LogP) is 4.63. The van der Waals surface area contributed by atoms with Crippen molar-refractivity contribution in [3.8, 4) is 0 Å². The van der Waals surface area contributed by atoms with Gasteiger partial charge in [-0.3, -0.25) is 4.79 Å². The molecule has 0 heterocycles. The molecule has 0 aromatic rings. The van der Waals surface area contributed by atoms with Crippen molar-refractivity contribution in [1.29, 1.82) is 0 Å². The van der Waals surface area contributed by atoms with E-state index in [9.17, 15) is 36.2 Å². The molecule has 3 fully saturated rings. The number of alkyl halides is 6. The summed E-state index contributed by atoms with van der Waals surface area (Å²) >= 11 is 0. The highest BCUT2D eigenvalue weighted by Gasteiger charge is 2.81. The van der Waals surface area contributed by atoms with Crippen molar-refractivity contribution in [3.63, 3.8) is 0 Å². The van der Waals surface area contributed by atoms with Gasteiger partial charge in [0.15, 0.2) is 5.60 Å². The van der Waals surface area contributed by atoms with Crippen molar-refractivity contribution < 1.29 is 41.0 Å².